The molecule has 0 heterocycles. The maximum Gasteiger partial charge on any atom is 0.416 e. The van der Waals surface area contributed by atoms with Crippen LogP contribution >= 0.6 is 0 Å². The Balaban J connectivity index is 2.18. The van der Waals surface area contributed by atoms with Gasteiger partial charge in [-0.05, 0) is 42.3 Å². The number of alkyl halides is 3. The van der Waals surface area contributed by atoms with Crippen molar-refractivity contribution in [1.29, 1.82) is 0 Å². The molecule has 0 saturated heterocycles. The molecule has 0 aliphatic carbocycles. The normalized spacial score (nSPS) is 12.5. The number of hydrogen-bond donors (Lipinski definition) is 1. The Morgan fingerprint density at radius 1 is 1.13 bits per heavy atom. The van der Waals surface area contributed by atoms with E-state index in [1.165, 1.54) is 45.3 Å². The SMILES string of the molecule is CNC(=O)/C(=N/OC)c1cc(CO/N=C(\C)c2cccc(C(F)(F)F)c2)ccc1F. The molecule has 160 valence electrons. The largest absolute Gasteiger partial charge is 0.416 e. The van der Waals surface area contributed by atoms with E-state index < -0.39 is 23.5 Å². The molecule has 0 aromatic heterocycles. The van der Waals surface area contributed by atoms with E-state index in [0.717, 1.165) is 18.2 Å². The summed E-state index contributed by atoms with van der Waals surface area (Å²) < 4.78 is 52.7. The third-order valence-electron chi connectivity index (χ3n) is 3.95. The van der Waals surface area contributed by atoms with Crippen LogP contribution < -0.4 is 5.32 Å². The monoisotopic (exact) mass is 425 g/mol. The molecule has 0 radical (unpaired) electrons. The topological polar surface area (TPSA) is 72.3 Å². The summed E-state index contributed by atoms with van der Waals surface area (Å²) in [4.78, 5) is 21.7. The Hall–Kier alpha value is -3.43. The highest BCUT2D eigenvalue weighted by molar-refractivity contribution is 6.45. The molecule has 0 unspecified atom stereocenters. The van der Waals surface area contributed by atoms with Gasteiger partial charge in [-0.15, -0.1) is 0 Å². The maximum absolute atomic E-state index is 14.2. The molecule has 0 saturated carbocycles. The van der Waals surface area contributed by atoms with Gasteiger partial charge in [0.2, 0.25) is 0 Å². The van der Waals surface area contributed by atoms with Crippen molar-refractivity contribution in [1.82, 2.24) is 5.32 Å². The molecular weight excluding hydrogens is 406 g/mol. The Kier molecular flexibility index (Phi) is 7.51. The van der Waals surface area contributed by atoms with Crippen LogP contribution in [0.25, 0.3) is 0 Å². The molecule has 0 atom stereocenters. The van der Waals surface area contributed by atoms with Gasteiger partial charge < -0.3 is 15.0 Å². The summed E-state index contributed by atoms with van der Waals surface area (Å²) in [6, 6.07) is 8.58. The fourth-order valence-electron chi connectivity index (χ4n) is 2.44. The Morgan fingerprint density at radius 3 is 2.50 bits per heavy atom. The molecule has 1 amide bonds. The lowest BCUT2D eigenvalue weighted by molar-refractivity contribution is -0.137. The summed E-state index contributed by atoms with van der Waals surface area (Å²) in [5.74, 6) is -1.34. The molecule has 30 heavy (non-hydrogen) atoms. The van der Waals surface area contributed by atoms with Crippen LogP contribution in [0.1, 0.15) is 29.2 Å². The zero-order valence-electron chi connectivity index (χ0n) is 16.4. The van der Waals surface area contributed by atoms with Crippen molar-refractivity contribution < 1.29 is 32.0 Å². The quantitative estimate of drug-likeness (QED) is 0.416. The molecule has 1 N–H and O–H groups in total. The van der Waals surface area contributed by atoms with Gasteiger partial charge in [-0.3, -0.25) is 4.79 Å². The molecule has 2 aromatic carbocycles. The zero-order valence-corrected chi connectivity index (χ0v) is 16.4. The van der Waals surface area contributed by atoms with Crippen LogP contribution in [-0.2, 0) is 27.3 Å². The molecule has 0 aliphatic heterocycles. The minimum absolute atomic E-state index is 0.101. The van der Waals surface area contributed by atoms with Gasteiger partial charge in [-0.2, -0.15) is 13.2 Å². The average Bonchev–Trinajstić information content (AvgIpc) is 2.72. The van der Waals surface area contributed by atoms with Gasteiger partial charge in [-0.25, -0.2) is 4.39 Å². The van der Waals surface area contributed by atoms with Crippen molar-refractivity contribution in [3.05, 3.63) is 70.5 Å². The van der Waals surface area contributed by atoms with Crippen molar-refractivity contribution in [3.8, 4) is 0 Å². The van der Waals surface area contributed by atoms with Crippen molar-refractivity contribution in [2.24, 2.45) is 10.3 Å². The van der Waals surface area contributed by atoms with Crippen LogP contribution in [0.5, 0.6) is 0 Å². The Morgan fingerprint density at radius 2 is 1.87 bits per heavy atom. The van der Waals surface area contributed by atoms with Gasteiger partial charge in [0.1, 0.15) is 19.5 Å². The van der Waals surface area contributed by atoms with Crippen molar-refractivity contribution in [2.75, 3.05) is 14.2 Å². The summed E-state index contributed by atoms with van der Waals surface area (Å²) >= 11 is 0. The van der Waals surface area contributed by atoms with E-state index in [4.69, 9.17) is 4.84 Å². The van der Waals surface area contributed by atoms with Crippen LogP contribution in [0.15, 0.2) is 52.8 Å². The number of benzene rings is 2. The van der Waals surface area contributed by atoms with Gasteiger partial charge in [0, 0.05) is 12.6 Å². The summed E-state index contributed by atoms with van der Waals surface area (Å²) in [6.07, 6.45) is -4.46. The average molecular weight is 425 g/mol. The summed E-state index contributed by atoms with van der Waals surface area (Å²) in [7, 11) is 2.59. The second kappa shape index (κ2) is 9.86. The minimum Gasteiger partial charge on any atom is -0.398 e. The zero-order chi connectivity index (χ0) is 22.3. The van der Waals surface area contributed by atoms with Gasteiger partial charge in [0.05, 0.1) is 11.3 Å². The number of oxime groups is 2. The number of carbonyl (C=O) groups excluding carboxylic acids is 1. The second-order valence-electron chi connectivity index (χ2n) is 6.04. The van der Waals surface area contributed by atoms with E-state index >= 15 is 0 Å². The lowest BCUT2D eigenvalue weighted by atomic mass is 10.1. The smallest absolute Gasteiger partial charge is 0.398 e. The molecule has 10 heteroatoms. The fourth-order valence-corrected chi connectivity index (χ4v) is 2.44. The first kappa shape index (κ1) is 22.9. The number of amides is 1. The van der Waals surface area contributed by atoms with Gasteiger partial charge in [0.25, 0.3) is 5.91 Å². The maximum atomic E-state index is 14.2. The highest BCUT2D eigenvalue weighted by atomic mass is 19.4. The fraction of sp³-hybridized carbons (Fsp3) is 0.250. The molecule has 0 bridgehead atoms. The van der Waals surface area contributed by atoms with Crippen LogP contribution in [0.4, 0.5) is 17.6 Å². The summed E-state index contributed by atoms with van der Waals surface area (Å²) in [6.45, 7) is 1.39. The third kappa shape index (κ3) is 5.79. The first-order valence-corrected chi connectivity index (χ1v) is 8.63. The van der Waals surface area contributed by atoms with Gasteiger partial charge >= 0.3 is 6.18 Å². The van der Waals surface area contributed by atoms with E-state index in [-0.39, 0.29) is 29.2 Å². The number of carbonyl (C=O) groups is 1. The van der Waals surface area contributed by atoms with E-state index in [9.17, 15) is 22.4 Å². The first-order valence-electron chi connectivity index (χ1n) is 8.63. The Bertz CT molecular complexity index is 972. The van der Waals surface area contributed by atoms with Crippen molar-refractivity contribution in [2.45, 2.75) is 19.7 Å². The predicted octanol–water partition coefficient (Wildman–Crippen LogP) is 3.88. The van der Waals surface area contributed by atoms with Crippen LogP contribution in [0.2, 0.25) is 0 Å². The number of nitrogens with zero attached hydrogens (tertiary/aromatic N) is 2. The third-order valence-corrected chi connectivity index (χ3v) is 3.95. The Labute approximate surface area is 170 Å². The highest BCUT2D eigenvalue weighted by Crippen LogP contribution is 2.29. The number of rotatable bonds is 7. The van der Waals surface area contributed by atoms with Crippen LogP contribution in [0, 0.1) is 5.82 Å². The first-order chi connectivity index (χ1) is 14.2. The van der Waals surface area contributed by atoms with E-state index in [2.05, 4.69) is 20.5 Å². The molecule has 0 aliphatic rings. The van der Waals surface area contributed by atoms with Crippen LogP contribution in [-0.4, -0.2) is 31.5 Å². The van der Waals surface area contributed by atoms with Gasteiger partial charge in [0.15, 0.2) is 5.71 Å². The van der Waals surface area contributed by atoms with Crippen molar-refractivity contribution in [3.63, 3.8) is 0 Å². The second-order valence-corrected chi connectivity index (χ2v) is 6.04. The summed E-state index contributed by atoms with van der Waals surface area (Å²) in [5, 5.41) is 9.70. The van der Waals surface area contributed by atoms with Crippen molar-refractivity contribution >= 4 is 17.3 Å². The molecule has 6 nitrogen and oxygen atoms in total. The lowest BCUT2D eigenvalue weighted by Crippen LogP contribution is -2.29. The molecule has 0 fully saturated rings. The highest BCUT2D eigenvalue weighted by Gasteiger charge is 2.30. The standard InChI is InChI=1S/C20H19F4N3O3/c1-12(14-5-4-6-15(10-14)20(22,23)24)26-30-11-13-7-8-17(21)16(9-13)18(27-29-3)19(28)25-2/h4-10H,11H2,1-3H3,(H,25,28)/b26-12+,27-18+. The van der Waals surface area contributed by atoms with Gasteiger partial charge in [-0.1, -0.05) is 28.5 Å². The van der Waals surface area contributed by atoms with E-state index in [1.54, 1.807) is 0 Å². The molecule has 2 rings (SSSR count). The lowest BCUT2D eigenvalue weighted by Gasteiger charge is -2.09. The minimum atomic E-state index is -4.46. The van der Waals surface area contributed by atoms with E-state index in [0.29, 0.717) is 5.56 Å². The molecule has 0 spiro atoms. The molecular formula is C20H19F4N3O3. The van der Waals surface area contributed by atoms with E-state index in [1.807, 2.05) is 0 Å². The van der Waals surface area contributed by atoms with Crippen LogP contribution in [0.3, 0.4) is 0 Å². The number of nitrogens with one attached hydrogen (secondary N) is 1. The number of halogens is 4. The number of likely N-dealkylation sites (N-methyl/N-ethyl adjacent to an activating group) is 1. The summed E-state index contributed by atoms with van der Waals surface area (Å²) in [5.41, 5.74) is -0.218. The number of hydrogen-bond acceptors (Lipinski definition) is 5. The predicted molar refractivity (Wildman–Crippen MR) is 102 cm³/mol. The molecule has 2 aromatic rings.